The van der Waals surface area contributed by atoms with Crippen LogP contribution in [0.2, 0.25) is 0 Å². The summed E-state index contributed by atoms with van der Waals surface area (Å²) in [4.78, 5) is 21.2. The molecule has 1 aliphatic heterocycles. The van der Waals surface area contributed by atoms with Gasteiger partial charge in [0.25, 0.3) is 10.0 Å². The fourth-order valence-electron chi connectivity index (χ4n) is 4.29. The molecular formula is C24H25N5O3S2. The molecule has 0 unspecified atom stereocenters. The molecule has 1 fully saturated rings. The van der Waals surface area contributed by atoms with Gasteiger partial charge in [-0.1, -0.05) is 18.2 Å². The number of thiazole rings is 1. The second-order valence-electron chi connectivity index (χ2n) is 8.24. The number of aryl methyl sites for hydroxylation is 1. The number of nitrogens with one attached hydrogen (secondary N) is 1. The van der Waals surface area contributed by atoms with Crippen molar-refractivity contribution in [1.82, 2.24) is 14.5 Å². The number of rotatable bonds is 6. The van der Waals surface area contributed by atoms with E-state index in [1.54, 1.807) is 23.7 Å². The summed E-state index contributed by atoms with van der Waals surface area (Å²) >= 11 is 1.23. The number of fused-ring (bicyclic) bond motifs is 1. The highest BCUT2D eigenvalue weighted by Gasteiger charge is 2.23. The Kier molecular flexibility index (Phi) is 6.01. The van der Waals surface area contributed by atoms with Gasteiger partial charge in [0.2, 0.25) is 5.91 Å². The topological polar surface area (TPSA) is 87.5 Å². The number of hydrogen-bond acceptors (Lipinski definition) is 6. The molecule has 2 aromatic carbocycles. The molecule has 0 spiro atoms. The molecule has 1 amide bonds. The highest BCUT2D eigenvalue weighted by Crippen LogP contribution is 2.23. The Morgan fingerprint density at radius 1 is 1.06 bits per heavy atom. The zero-order valence-corrected chi connectivity index (χ0v) is 20.3. The van der Waals surface area contributed by atoms with Crippen LogP contribution in [-0.2, 0) is 21.4 Å². The molecule has 34 heavy (non-hydrogen) atoms. The number of carbonyl (C=O) groups excluding carboxylic acids is 1. The molecule has 4 aromatic rings. The molecule has 5 rings (SSSR count). The van der Waals surface area contributed by atoms with E-state index in [2.05, 4.69) is 31.3 Å². The minimum Gasteiger partial charge on any atom is -0.368 e. The first-order valence-corrected chi connectivity index (χ1v) is 13.4. The Morgan fingerprint density at radius 3 is 2.50 bits per heavy atom. The molecule has 8 nitrogen and oxygen atoms in total. The van der Waals surface area contributed by atoms with Crippen LogP contribution in [0, 0.1) is 6.92 Å². The van der Waals surface area contributed by atoms with Crippen LogP contribution in [-0.4, -0.2) is 55.0 Å². The number of para-hydroxylation sites is 1. The molecule has 1 saturated heterocycles. The minimum absolute atomic E-state index is 0.110. The molecular weight excluding hydrogens is 470 g/mol. The fourth-order valence-corrected chi connectivity index (χ4v) is 6.08. The molecule has 10 heteroatoms. The molecule has 0 radical (unpaired) electrons. The number of piperazine rings is 1. The number of hydrogen-bond donors (Lipinski definition) is 1. The first-order valence-electron chi connectivity index (χ1n) is 11.0. The van der Waals surface area contributed by atoms with Gasteiger partial charge in [0.1, 0.15) is 6.54 Å². The highest BCUT2D eigenvalue weighted by molar-refractivity contribution is 7.93. The number of aromatic nitrogens is 2. The number of carbonyl (C=O) groups is 1. The van der Waals surface area contributed by atoms with Crippen LogP contribution in [0.5, 0.6) is 0 Å². The number of amides is 1. The van der Waals surface area contributed by atoms with Crippen LogP contribution >= 0.6 is 11.3 Å². The van der Waals surface area contributed by atoms with E-state index < -0.39 is 10.0 Å². The monoisotopic (exact) mass is 495 g/mol. The second-order valence-corrected chi connectivity index (χ2v) is 10.8. The Hall–Kier alpha value is -3.37. The summed E-state index contributed by atoms with van der Waals surface area (Å²) in [7, 11) is -3.67. The van der Waals surface area contributed by atoms with Gasteiger partial charge in [-0.2, -0.15) is 0 Å². The van der Waals surface area contributed by atoms with Crippen LogP contribution in [0.15, 0.2) is 71.1 Å². The molecule has 1 N–H and O–H groups in total. The molecule has 0 atom stereocenters. The summed E-state index contributed by atoms with van der Waals surface area (Å²) in [6.45, 7) is 5.01. The average molecular weight is 496 g/mol. The first-order chi connectivity index (χ1) is 16.4. The maximum Gasteiger partial charge on any atom is 0.263 e. The first kappa shape index (κ1) is 22.4. The van der Waals surface area contributed by atoms with Gasteiger partial charge in [0, 0.05) is 54.7 Å². The molecule has 0 aliphatic carbocycles. The summed E-state index contributed by atoms with van der Waals surface area (Å²) in [5, 5.41) is 3.20. The van der Waals surface area contributed by atoms with Crippen molar-refractivity contribution in [2.45, 2.75) is 18.4 Å². The smallest absolute Gasteiger partial charge is 0.263 e. The van der Waals surface area contributed by atoms with E-state index in [4.69, 9.17) is 0 Å². The normalized spacial score (nSPS) is 14.5. The van der Waals surface area contributed by atoms with E-state index in [1.807, 2.05) is 42.2 Å². The van der Waals surface area contributed by atoms with Crippen LogP contribution in [0.3, 0.4) is 0 Å². The summed E-state index contributed by atoms with van der Waals surface area (Å²) in [5.41, 5.74) is 3.09. The van der Waals surface area contributed by atoms with E-state index in [0.717, 1.165) is 22.3 Å². The second kappa shape index (κ2) is 9.11. The van der Waals surface area contributed by atoms with Crippen molar-refractivity contribution in [3.05, 3.63) is 71.9 Å². The van der Waals surface area contributed by atoms with Crippen LogP contribution in [0.4, 0.5) is 10.8 Å². The van der Waals surface area contributed by atoms with Crippen molar-refractivity contribution in [3.8, 4) is 0 Å². The Morgan fingerprint density at radius 2 is 1.79 bits per heavy atom. The van der Waals surface area contributed by atoms with Crippen molar-refractivity contribution in [3.63, 3.8) is 0 Å². The van der Waals surface area contributed by atoms with Gasteiger partial charge in [-0.3, -0.25) is 9.52 Å². The van der Waals surface area contributed by atoms with E-state index >= 15 is 0 Å². The number of benzene rings is 2. The lowest BCUT2D eigenvalue weighted by atomic mass is 10.2. The van der Waals surface area contributed by atoms with Crippen molar-refractivity contribution in [2.24, 2.45) is 0 Å². The van der Waals surface area contributed by atoms with Crippen molar-refractivity contribution in [1.29, 1.82) is 0 Å². The summed E-state index contributed by atoms with van der Waals surface area (Å²) in [5.74, 6) is 0.110. The molecule has 176 valence electrons. The largest absolute Gasteiger partial charge is 0.368 e. The van der Waals surface area contributed by atoms with Crippen LogP contribution in [0.1, 0.15) is 5.69 Å². The summed E-state index contributed by atoms with van der Waals surface area (Å²) in [6, 6.07) is 17.0. The molecule has 2 aromatic heterocycles. The minimum atomic E-state index is -3.67. The maximum absolute atomic E-state index is 13.0. The van der Waals surface area contributed by atoms with E-state index in [1.165, 1.54) is 11.3 Å². The Balaban J connectivity index is 1.20. The van der Waals surface area contributed by atoms with Gasteiger partial charge < -0.3 is 14.4 Å². The zero-order chi connectivity index (χ0) is 23.7. The third-order valence-corrected chi connectivity index (χ3v) is 8.28. The zero-order valence-electron chi connectivity index (χ0n) is 18.7. The molecule has 1 aliphatic rings. The van der Waals surface area contributed by atoms with Gasteiger partial charge in [-0.05, 0) is 48.7 Å². The molecule has 3 heterocycles. The SMILES string of the molecule is Cc1cc2ccccc2n1CC(=O)N1CCN(c2ccc(S(=O)(=O)Nc3nccs3)cc2)CC1. The number of nitrogens with zero attached hydrogens (tertiary/aromatic N) is 4. The lowest BCUT2D eigenvalue weighted by molar-refractivity contribution is -0.132. The van der Waals surface area contributed by atoms with E-state index in [0.29, 0.717) is 37.9 Å². The third-order valence-electron chi connectivity index (χ3n) is 6.11. The van der Waals surface area contributed by atoms with Gasteiger partial charge in [0.15, 0.2) is 5.13 Å². The third kappa shape index (κ3) is 4.51. The average Bonchev–Trinajstić information content (AvgIpc) is 3.46. The summed E-state index contributed by atoms with van der Waals surface area (Å²) in [6.07, 6.45) is 1.55. The van der Waals surface area contributed by atoms with Gasteiger partial charge >= 0.3 is 0 Å². The maximum atomic E-state index is 13.0. The number of anilines is 2. The van der Waals surface area contributed by atoms with Crippen molar-refractivity contribution >= 4 is 49.0 Å². The van der Waals surface area contributed by atoms with E-state index in [9.17, 15) is 13.2 Å². The predicted molar refractivity (Wildman–Crippen MR) is 135 cm³/mol. The molecule has 0 saturated carbocycles. The lowest BCUT2D eigenvalue weighted by Gasteiger charge is -2.36. The van der Waals surface area contributed by atoms with Crippen molar-refractivity contribution < 1.29 is 13.2 Å². The molecule has 0 bridgehead atoms. The number of sulfonamides is 1. The standard InChI is InChI=1S/C24H25N5O3S2/c1-18-16-19-4-2-3-5-22(19)29(18)17-23(30)28-13-11-27(12-14-28)20-6-8-21(9-7-20)34(31,32)26-24-25-10-15-33-24/h2-10,15-16H,11-14,17H2,1H3,(H,25,26). The Bertz CT molecular complexity index is 1400. The van der Waals surface area contributed by atoms with Crippen LogP contribution < -0.4 is 9.62 Å². The predicted octanol–water partition coefficient (Wildman–Crippen LogP) is 3.56. The van der Waals surface area contributed by atoms with Gasteiger partial charge in [0.05, 0.1) is 4.90 Å². The van der Waals surface area contributed by atoms with Crippen molar-refractivity contribution in [2.75, 3.05) is 35.8 Å². The van der Waals surface area contributed by atoms with Gasteiger partial charge in [-0.15, -0.1) is 11.3 Å². The van der Waals surface area contributed by atoms with Gasteiger partial charge in [-0.25, -0.2) is 13.4 Å². The Labute approximate surface area is 202 Å². The highest BCUT2D eigenvalue weighted by atomic mass is 32.2. The van der Waals surface area contributed by atoms with E-state index in [-0.39, 0.29) is 10.8 Å². The summed E-state index contributed by atoms with van der Waals surface area (Å²) < 4.78 is 29.6. The fraction of sp³-hybridized carbons (Fsp3) is 0.250. The quantitative estimate of drug-likeness (QED) is 0.442. The lowest BCUT2D eigenvalue weighted by Crippen LogP contribution is -2.49. The van der Waals surface area contributed by atoms with Crippen LogP contribution in [0.25, 0.3) is 10.9 Å².